The number of carbonyl (C=O) groups excluding carboxylic acids is 2. The molecule has 2 atom stereocenters. The first-order chi connectivity index (χ1) is 16.3. The molecule has 0 bridgehead atoms. The first-order valence-corrected chi connectivity index (χ1v) is 12.7. The van der Waals surface area contributed by atoms with E-state index in [0.717, 1.165) is 37.1 Å². The largest absolute Gasteiger partial charge is 0.467 e. The van der Waals surface area contributed by atoms with Crippen molar-refractivity contribution in [2.45, 2.75) is 56.2 Å². The number of halogens is 1. The summed E-state index contributed by atoms with van der Waals surface area (Å²) in [5.74, 6) is -1.04. The number of furan rings is 1. The zero-order valence-corrected chi connectivity index (χ0v) is 19.9. The highest BCUT2D eigenvalue weighted by atomic mass is 32.2. The molecule has 1 aliphatic rings. The summed E-state index contributed by atoms with van der Waals surface area (Å²) in [6.07, 6.45) is 4.22. The fraction of sp³-hybridized carbons (Fsp3) is 0.478. The summed E-state index contributed by atoms with van der Waals surface area (Å²) < 4.78 is 51.4. The van der Waals surface area contributed by atoms with Crippen molar-refractivity contribution in [1.82, 2.24) is 14.9 Å². The number of ether oxygens (including phenoxy) is 1. The average molecular weight is 496 g/mol. The van der Waals surface area contributed by atoms with Gasteiger partial charge >= 0.3 is 0 Å². The highest BCUT2D eigenvalue weighted by Crippen LogP contribution is 2.16. The molecular weight excluding hydrogens is 465 g/mol. The number of sulfonamides is 1. The van der Waals surface area contributed by atoms with Gasteiger partial charge in [-0.25, -0.2) is 17.5 Å². The summed E-state index contributed by atoms with van der Waals surface area (Å²) >= 11 is 0. The molecular formula is C23H30FN3O6S. The molecule has 3 rings (SSSR count). The van der Waals surface area contributed by atoms with E-state index in [-0.39, 0.29) is 23.5 Å². The van der Waals surface area contributed by atoms with E-state index >= 15 is 0 Å². The second kappa shape index (κ2) is 12.1. The van der Waals surface area contributed by atoms with Gasteiger partial charge in [-0.1, -0.05) is 13.3 Å². The maximum atomic E-state index is 13.2. The van der Waals surface area contributed by atoms with Crippen LogP contribution in [0.25, 0.3) is 0 Å². The molecule has 34 heavy (non-hydrogen) atoms. The van der Waals surface area contributed by atoms with Gasteiger partial charge in [0.25, 0.3) is 0 Å². The van der Waals surface area contributed by atoms with E-state index in [1.165, 1.54) is 11.2 Å². The first kappa shape index (κ1) is 25.9. The number of amides is 2. The minimum absolute atomic E-state index is 0.00211. The van der Waals surface area contributed by atoms with Crippen LogP contribution in [0.15, 0.2) is 52.0 Å². The Hall–Kier alpha value is -2.76. The zero-order valence-electron chi connectivity index (χ0n) is 19.0. The van der Waals surface area contributed by atoms with Crippen LogP contribution in [0.3, 0.4) is 0 Å². The molecule has 1 fully saturated rings. The van der Waals surface area contributed by atoms with E-state index in [1.807, 2.05) is 6.92 Å². The number of hydrogen-bond donors (Lipinski definition) is 2. The van der Waals surface area contributed by atoms with E-state index in [9.17, 15) is 22.4 Å². The first-order valence-electron chi connectivity index (χ1n) is 11.3. The Labute approximate surface area is 198 Å². The molecule has 1 aromatic heterocycles. The summed E-state index contributed by atoms with van der Waals surface area (Å²) in [6.45, 7) is 2.34. The van der Waals surface area contributed by atoms with E-state index in [4.69, 9.17) is 9.15 Å². The normalized spacial score (nSPS) is 16.8. The Bertz CT molecular complexity index is 1040. The summed E-state index contributed by atoms with van der Waals surface area (Å²) in [5, 5.41) is 2.87. The average Bonchev–Trinajstić information content (AvgIpc) is 3.53. The topological polar surface area (TPSA) is 118 Å². The highest BCUT2D eigenvalue weighted by molar-refractivity contribution is 7.89. The SMILES string of the molecule is CCC[C@H](C(=O)NC[C@H]1CCCO1)N(Cc1ccco1)C(=O)CNS(=O)(=O)c1ccc(F)cc1. The third kappa shape index (κ3) is 7.12. The van der Waals surface area contributed by atoms with Crippen LogP contribution in [0.1, 0.15) is 38.4 Å². The molecule has 11 heteroatoms. The maximum Gasteiger partial charge on any atom is 0.242 e. The van der Waals surface area contributed by atoms with Crippen molar-refractivity contribution in [3.63, 3.8) is 0 Å². The van der Waals surface area contributed by atoms with Gasteiger partial charge in [0.1, 0.15) is 17.6 Å². The summed E-state index contributed by atoms with van der Waals surface area (Å²) in [7, 11) is -4.05. The van der Waals surface area contributed by atoms with Crippen LogP contribution in [0.4, 0.5) is 4.39 Å². The van der Waals surface area contributed by atoms with Gasteiger partial charge < -0.3 is 19.4 Å². The molecule has 2 amide bonds. The highest BCUT2D eigenvalue weighted by Gasteiger charge is 2.31. The lowest BCUT2D eigenvalue weighted by Crippen LogP contribution is -2.52. The van der Waals surface area contributed by atoms with Gasteiger partial charge in [0.2, 0.25) is 21.8 Å². The number of benzene rings is 1. The molecule has 1 aliphatic heterocycles. The van der Waals surface area contributed by atoms with Crippen LogP contribution in [0, 0.1) is 5.82 Å². The molecule has 1 aromatic carbocycles. The van der Waals surface area contributed by atoms with E-state index in [1.54, 1.807) is 12.1 Å². The Morgan fingerprint density at radius 3 is 2.62 bits per heavy atom. The van der Waals surface area contributed by atoms with Gasteiger partial charge in [-0.2, -0.15) is 0 Å². The number of rotatable bonds is 12. The second-order valence-electron chi connectivity index (χ2n) is 8.06. The van der Waals surface area contributed by atoms with Crippen LogP contribution in [-0.4, -0.2) is 57.0 Å². The monoisotopic (exact) mass is 495 g/mol. The van der Waals surface area contributed by atoms with Crippen LogP contribution in [0.2, 0.25) is 0 Å². The van der Waals surface area contributed by atoms with Gasteiger partial charge in [-0.3, -0.25) is 9.59 Å². The van der Waals surface area contributed by atoms with Crippen LogP contribution in [-0.2, 0) is 30.9 Å². The Kier molecular flexibility index (Phi) is 9.20. The molecule has 2 N–H and O–H groups in total. The molecule has 0 saturated carbocycles. The van der Waals surface area contributed by atoms with Crippen molar-refractivity contribution in [1.29, 1.82) is 0 Å². The fourth-order valence-corrected chi connectivity index (χ4v) is 4.71. The number of carbonyl (C=O) groups is 2. The third-order valence-corrected chi connectivity index (χ3v) is 6.95. The van der Waals surface area contributed by atoms with Crippen molar-refractivity contribution in [2.75, 3.05) is 19.7 Å². The van der Waals surface area contributed by atoms with Gasteiger partial charge in [-0.05, 0) is 55.7 Å². The van der Waals surface area contributed by atoms with Crippen LogP contribution < -0.4 is 10.0 Å². The van der Waals surface area contributed by atoms with E-state index < -0.39 is 34.3 Å². The van der Waals surface area contributed by atoms with Gasteiger partial charge in [0.05, 0.1) is 30.4 Å². The lowest BCUT2D eigenvalue weighted by Gasteiger charge is -2.30. The molecule has 186 valence electrons. The molecule has 2 aromatic rings. The standard InChI is InChI=1S/C23H30FN3O6S/c1-2-5-21(23(29)25-14-18-6-3-12-32-18)27(16-19-7-4-13-33-19)22(28)15-26-34(30,31)20-10-8-17(24)9-11-20/h4,7-11,13,18,21,26H,2-3,5-6,12,14-16H2,1H3,(H,25,29)/t18-,21-/m1/s1. The minimum atomic E-state index is -4.05. The third-order valence-electron chi connectivity index (χ3n) is 5.53. The Morgan fingerprint density at radius 1 is 1.24 bits per heavy atom. The van der Waals surface area contributed by atoms with Crippen LogP contribution >= 0.6 is 0 Å². The van der Waals surface area contributed by atoms with Crippen molar-refractivity contribution < 1.29 is 31.6 Å². The lowest BCUT2D eigenvalue weighted by molar-refractivity contribution is -0.141. The predicted molar refractivity (Wildman–Crippen MR) is 122 cm³/mol. The quantitative estimate of drug-likeness (QED) is 0.466. The Morgan fingerprint density at radius 2 is 2.00 bits per heavy atom. The molecule has 2 heterocycles. The predicted octanol–water partition coefficient (Wildman–Crippen LogP) is 2.19. The van der Waals surface area contributed by atoms with Crippen molar-refractivity contribution in [3.8, 4) is 0 Å². The summed E-state index contributed by atoms with van der Waals surface area (Å²) in [4.78, 5) is 27.4. The van der Waals surface area contributed by atoms with Crippen molar-refractivity contribution >= 4 is 21.8 Å². The summed E-state index contributed by atoms with van der Waals surface area (Å²) in [5.41, 5.74) is 0. The number of nitrogens with one attached hydrogen (secondary N) is 2. The molecule has 1 saturated heterocycles. The molecule has 0 spiro atoms. The van der Waals surface area contributed by atoms with E-state index in [0.29, 0.717) is 31.8 Å². The molecule has 0 radical (unpaired) electrons. The molecule has 0 aliphatic carbocycles. The second-order valence-corrected chi connectivity index (χ2v) is 9.83. The van der Waals surface area contributed by atoms with E-state index in [2.05, 4.69) is 10.0 Å². The molecule has 0 unspecified atom stereocenters. The maximum absolute atomic E-state index is 13.2. The van der Waals surface area contributed by atoms with Crippen LogP contribution in [0.5, 0.6) is 0 Å². The van der Waals surface area contributed by atoms with Gasteiger partial charge in [0, 0.05) is 13.2 Å². The smallest absolute Gasteiger partial charge is 0.242 e. The van der Waals surface area contributed by atoms with Crippen molar-refractivity contribution in [2.24, 2.45) is 0 Å². The Balaban J connectivity index is 1.73. The van der Waals surface area contributed by atoms with Gasteiger partial charge in [-0.15, -0.1) is 0 Å². The molecule has 9 nitrogen and oxygen atoms in total. The van der Waals surface area contributed by atoms with Crippen molar-refractivity contribution in [3.05, 3.63) is 54.2 Å². The minimum Gasteiger partial charge on any atom is -0.467 e. The summed E-state index contributed by atoms with van der Waals surface area (Å²) in [6, 6.07) is 6.80. The van der Waals surface area contributed by atoms with Gasteiger partial charge in [0.15, 0.2) is 0 Å². The number of nitrogens with zero attached hydrogens (tertiary/aromatic N) is 1. The zero-order chi connectivity index (χ0) is 24.6. The number of hydrogen-bond acceptors (Lipinski definition) is 6. The fourth-order valence-electron chi connectivity index (χ4n) is 3.74. The lowest BCUT2D eigenvalue weighted by atomic mass is 10.1.